The number of alkyl carbamates (subject to hydrolysis) is 1. The predicted molar refractivity (Wildman–Crippen MR) is 128 cm³/mol. The summed E-state index contributed by atoms with van der Waals surface area (Å²) in [6, 6.07) is 16.0. The first-order chi connectivity index (χ1) is 16.5. The zero-order valence-corrected chi connectivity index (χ0v) is 19.5. The Morgan fingerprint density at radius 3 is 2.24 bits per heavy atom. The van der Waals surface area contributed by atoms with Crippen molar-refractivity contribution in [3.05, 3.63) is 59.7 Å². The van der Waals surface area contributed by atoms with Crippen LogP contribution >= 0.6 is 0 Å². The van der Waals surface area contributed by atoms with Crippen LogP contribution in [-0.2, 0) is 14.3 Å². The van der Waals surface area contributed by atoms with Gasteiger partial charge in [-0.3, -0.25) is 9.59 Å². The van der Waals surface area contributed by atoms with Gasteiger partial charge in [0.05, 0.1) is 11.8 Å². The van der Waals surface area contributed by atoms with E-state index < -0.39 is 23.9 Å². The molecule has 0 heterocycles. The average Bonchev–Trinajstić information content (AvgIpc) is 2.97. The lowest BCUT2D eigenvalue weighted by molar-refractivity contribution is -0.141. The van der Waals surface area contributed by atoms with Gasteiger partial charge < -0.3 is 20.5 Å². The van der Waals surface area contributed by atoms with Crippen molar-refractivity contribution in [2.75, 3.05) is 13.2 Å². The standard InChI is InChI=1S/C27H32N2O5/c1-17(26(31)32)15-28-25(30)22-13-3-2-4-14-24(22)29-27(33)34-16-23-20-11-7-5-9-18(20)19-10-6-8-12-21(19)23/h5-12,17,22-24H,2-4,13-16H2,1H3,(H,28,30)(H,29,33)(H,31,32). The van der Waals surface area contributed by atoms with Crippen molar-refractivity contribution in [2.45, 2.75) is 51.0 Å². The highest BCUT2D eigenvalue weighted by Gasteiger charge is 2.33. The first-order valence-corrected chi connectivity index (χ1v) is 12.1. The molecule has 2 aliphatic rings. The van der Waals surface area contributed by atoms with Crippen LogP contribution in [0.2, 0.25) is 0 Å². The second kappa shape index (κ2) is 10.7. The number of carbonyl (C=O) groups excluding carboxylic acids is 2. The van der Waals surface area contributed by atoms with Gasteiger partial charge in [0.25, 0.3) is 0 Å². The maximum atomic E-state index is 12.8. The molecular weight excluding hydrogens is 432 g/mol. The molecule has 0 aromatic heterocycles. The second-order valence-corrected chi connectivity index (χ2v) is 9.31. The van der Waals surface area contributed by atoms with Crippen LogP contribution in [0.1, 0.15) is 56.1 Å². The van der Waals surface area contributed by atoms with Gasteiger partial charge in [-0.15, -0.1) is 0 Å². The smallest absolute Gasteiger partial charge is 0.407 e. The van der Waals surface area contributed by atoms with Crippen molar-refractivity contribution in [1.29, 1.82) is 0 Å². The van der Waals surface area contributed by atoms with E-state index in [2.05, 4.69) is 34.9 Å². The highest BCUT2D eigenvalue weighted by atomic mass is 16.5. The SMILES string of the molecule is CC(CNC(=O)C1CCCCCC1NC(=O)OCC1c2ccccc2-c2ccccc21)C(=O)O. The van der Waals surface area contributed by atoms with Crippen molar-refractivity contribution in [1.82, 2.24) is 10.6 Å². The summed E-state index contributed by atoms with van der Waals surface area (Å²) in [5.41, 5.74) is 4.64. The summed E-state index contributed by atoms with van der Waals surface area (Å²) in [6.45, 7) is 1.85. The number of rotatable bonds is 7. The van der Waals surface area contributed by atoms with Crippen LogP contribution in [0.3, 0.4) is 0 Å². The summed E-state index contributed by atoms with van der Waals surface area (Å²) in [5, 5.41) is 14.8. The Kier molecular flexibility index (Phi) is 7.50. The lowest BCUT2D eigenvalue weighted by Gasteiger charge is -2.26. The Balaban J connectivity index is 1.38. The molecule has 180 valence electrons. The molecule has 3 N–H and O–H groups in total. The zero-order valence-electron chi connectivity index (χ0n) is 19.5. The molecule has 1 fully saturated rings. The van der Waals surface area contributed by atoms with E-state index in [0.717, 1.165) is 30.4 Å². The summed E-state index contributed by atoms with van der Waals surface area (Å²) in [7, 11) is 0. The fourth-order valence-electron chi connectivity index (χ4n) is 5.06. The number of fused-ring (bicyclic) bond motifs is 3. The molecule has 0 saturated heterocycles. The molecule has 0 bridgehead atoms. The molecule has 3 atom stereocenters. The number of amides is 2. The zero-order chi connectivity index (χ0) is 24.1. The van der Waals surface area contributed by atoms with Gasteiger partial charge in [0.2, 0.25) is 5.91 Å². The van der Waals surface area contributed by atoms with E-state index >= 15 is 0 Å². The molecule has 4 rings (SSSR count). The van der Waals surface area contributed by atoms with Crippen LogP contribution < -0.4 is 10.6 Å². The maximum absolute atomic E-state index is 12.8. The van der Waals surface area contributed by atoms with Crippen molar-refractivity contribution >= 4 is 18.0 Å². The van der Waals surface area contributed by atoms with Crippen LogP contribution in [0.25, 0.3) is 11.1 Å². The Morgan fingerprint density at radius 2 is 1.59 bits per heavy atom. The van der Waals surface area contributed by atoms with E-state index in [1.165, 1.54) is 11.1 Å². The summed E-state index contributed by atoms with van der Waals surface area (Å²) in [5.74, 6) is -2.25. The highest BCUT2D eigenvalue weighted by molar-refractivity contribution is 5.81. The summed E-state index contributed by atoms with van der Waals surface area (Å²) < 4.78 is 5.68. The van der Waals surface area contributed by atoms with Crippen LogP contribution in [0.15, 0.2) is 48.5 Å². The molecule has 2 aromatic rings. The molecule has 7 heteroatoms. The summed E-state index contributed by atoms with van der Waals surface area (Å²) in [4.78, 5) is 36.7. The molecule has 0 spiro atoms. The lowest BCUT2D eigenvalue weighted by atomic mass is 9.93. The third-order valence-corrected chi connectivity index (χ3v) is 7.00. The van der Waals surface area contributed by atoms with Gasteiger partial charge in [0, 0.05) is 18.5 Å². The number of aliphatic carboxylic acids is 1. The van der Waals surface area contributed by atoms with E-state index in [9.17, 15) is 14.4 Å². The van der Waals surface area contributed by atoms with Crippen LogP contribution in [0.5, 0.6) is 0 Å². The van der Waals surface area contributed by atoms with Gasteiger partial charge >= 0.3 is 12.1 Å². The highest BCUT2D eigenvalue weighted by Crippen LogP contribution is 2.44. The Bertz CT molecular complexity index is 1010. The molecule has 34 heavy (non-hydrogen) atoms. The number of carboxylic acid groups (broad SMARTS) is 1. The molecule has 0 radical (unpaired) electrons. The number of benzene rings is 2. The van der Waals surface area contributed by atoms with Crippen molar-refractivity contribution in [3.8, 4) is 11.1 Å². The number of carbonyl (C=O) groups is 3. The second-order valence-electron chi connectivity index (χ2n) is 9.31. The topological polar surface area (TPSA) is 105 Å². The molecule has 2 aliphatic carbocycles. The van der Waals surface area contributed by atoms with E-state index in [0.29, 0.717) is 12.8 Å². The number of hydrogen-bond acceptors (Lipinski definition) is 4. The quantitative estimate of drug-likeness (QED) is 0.530. The molecule has 0 aliphatic heterocycles. The molecule has 3 unspecified atom stereocenters. The lowest BCUT2D eigenvalue weighted by Crippen LogP contribution is -2.47. The fourth-order valence-corrected chi connectivity index (χ4v) is 5.06. The fraction of sp³-hybridized carbons (Fsp3) is 0.444. The maximum Gasteiger partial charge on any atom is 0.407 e. The molecule has 2 amide bonds. The number of carboxylic acids is 1. The average molecular weight is 465 g/mol. The minimum absolute atomic E-state index is 0.0242. The van der Waals surface area contributed by atoms with E-state index in [4.69, 9.17) is 9.84 Å². The molecule has 1 saturated carbocycles. The minimum Gasteiger partial charge on any atom is -0.481 e. The van der Waals surface area contributed by atoms with Gasteiger partial charge in [-0.1, -0.05) is 74.7 Å². The van der Waals surface area contributed by atoms with Gasteiger partial charge in [-0.25, -0.2) is 4.79 Å². The predicted octanol–water partition coefficient (Wildman–Crippen LogP) is 4.31. The summed E-state index contributed by atoms with van der Waals surface area (Å²) >= 11 is 0. The number of hydrogen-bond donors (Lipinski definition) is 3. The van der Waals surface area contributed by atoms with Gasteiger partial charge in [-0.2, -0.15) is 0 Å². The van der Waals surface area contributed by atoms with Crippen LogP contribution in [0, 0.1) is 11.8 Å². The van der Waals surface area contributed by atoms with E-state index in [-0.39, 0.29) is 31.0 Å². The Hall–Kier alpha value is -3.35. The van der Waals surface area contributed by atoms with E-state index in [1.807, 2.05) is 24.3 Å². The van der Waals surface area contributed by atoms with E-state index in [1.54, 1.807) is 6.92 Å². The van der Waals surface area contributed by atoms with Gasteiger partial charge in [0.15, 0.2) is 0 Å². The van der Waals surface area contributed by atoms with Gasteiger partial charge in [-0.05, 0) is 35.1 Å². The third-order valence-electron chi connectivity index (χ3n) is 7.00. The molecule has 7 nitrogen and oxygen atoms in total. The molecular formula is C27H32N2O5. The largest absolute Gasteiger partial charge is 0.481 e. The van der Waals surface area contributed by atoms with Crippen LogP contribution in [0.4, 0.5) is 4.79 Å². The van der Waals surface area contributed by atoms with Crippen LogP contribution in [-0.4, -0.2) is 42.3 Å². The number of ether oxygens (including phenoxy) is 1. The molecule has 2 aromatic carbocycles. The Morgan fingerprint density at radius 1 is 0.971 bits per heavy atom. The van der Waals surface area contributed by atoms with Crippen molar-refractivity contribution in [2.24, 2.45) is 11.8 Å². The van der Waals surface area contributed by atoms with Crippen molar-refractivity contribution < 1.29 is 24.2 Å². The first-order valence-electron chi connectivity index (χ1n) is 12.1. The normalized spacial score (nSPS) is 20.4. The Labute approximate surface area is 199 Å². The monoisotopic (exact) mass is 464 g/mol. The van der Waals surface area contributed by atoms with Gasteiger partial charge in [0.1, 0.15) is 6.61 Å². The first kappa shape index (κ1) is 23.8. The van der Waals surface area contributed by atoms with Crippen molar-refractivity contribution in [3.63, 3.8) is 0 Å². The number of nitrogens with one attached hydrogen (secondary N) is 2. The third kappa shape index (κ3) is 5.24. The summed E-state index contributed by atoms with van der Waals surface area (Å²) in [6.07, 6.45) is 3.64. The minimum atomic E-state index is -0.950.